The summed E-state index contributed by atoms with van der Waals surface area (Å²) in [5, 5.41) is 23.6. The maximum absolute atomic E-state index is 13.0. The van der Waals surface area contributed by atoms with Crippen LogP contribution in [0.3, 0.4) is 0 Å². The second kappa shape index (κ2) is 8.64. The van der Waals surface area contributed by atoms with E-state index in [1.807, 2.05) is 0 Å². The van der Waals surface area contributed by atoms with Crippen LogP contribution in [0.1, 0.15) is 54.9 Å². The lowest BCUT2D eigenvalue weighted by atomic mass is 9.55. The molecule has 2 heterocycles. The monoisotopic (exact) mass is 522 g/mol. The van der Waals surface area contributed by atoms with Gasteiger partial charge in [0.15, 0.2) is 17.3 Å². The highest BCUT2D eigenvalue weighted by Gasteiger charge is 2.87. The van der Waals surface area contributed by atoms with Crippen molar-refractivity contribution >= 4 is 23.9 Å². The van der Waals surface area contributed by atoms with Gasteiger partial charge >= 0.3 is 23.9 Å². The third-order valence-corrected chi connectivity index (χ3v) is 8.33. The van der Waals surface area contributed by atoms with Gasteiger partial charge in [0.1, 0.15) is 23.9 Å². The topological polar surface area (TPSA) is 158 Å². The Labute approximate surface area is 214 Å². The van der Waals surface area contributed by atoms with Gasteiger partial charge in [-0.2, -0.15) is 0 Å². The molecule has 37 heavy (non-hydrogen) atoms. The summed E-state index contributed by atoms with van der Waals surface area (Å²) in [7, 11) is 0. The lowest BCUT2D eigenvalue weighted by Crippen LogP contribution is -2.67. The SMILES string of the molecule is CC(=O)O[C@H]1C=C[C@@]2(C)C([C@H](OC(C)=O)C34OC3(C)C(=O)OC4/C=C(/C)[C@H](OC(C)=O)C[C@@H]2O)[C@@]1(C)O. The normalized spacial score (nSPS) is 47.7. The molecule has 10 atom stereocenters. The zero-order valence-electron chi connectivity index (χ0n) is 22.0. The molecule has 4 rings (SSSR count). The molecule has 0 aromatic rings. The molecule has 0 amide bonds. The molecule has 4 aliphatic rings. The zero-order chi connectivity index (χ0) is 27.7. The van der Waals surface area contributed by atoms with Gasteiger partial charge < -0.3 is 33.9 Å². The van der Waals surface area contributed by atoms with Gasteiger partial charge in [0.25, 0.3) is 0 Å². The summed E-state index contributed by atoms with van der Waals surface area (Å²) in [5.74, 6) is -3.80. The number of rotatable bonds is 3. The highest BCUT2D eigenvalue weighted by Crippen LogP contribution is 2.65. The second-order valence-corrected chi connectivity index (χ2v) is 11.0. The molecule has 11 heteroatoms. The fraction of sp³-hybridized carbons (Fsp3) is 0.692. The number of fused-ring (bicyclic) bond motifs is 1. The number of aliphatic hydroxyl groups is 2. The van der Waals surface area contributed by atoms with Crippen LogP contribution in [0.15, 0.2) is 23.8 Å². The number of aliphatic hydroxyl groups excluding tert-OH is 1. The van der Waals surface area contributed by atoms with Crippen LogP contribution in [0.4, 0.5) is 0 Å². The van der Waals surface area contributed by atoms with Crippen LogP contribution < -0.4 is 0 Å². The Morgan fingerprint density at radius 2 is 1.62 bits per heavy atom. The molecular weight excluding hydrogens is 488 g/mol. The summed E-state index contributed by atoms with van der Waals surface area (Å²) >= 11 is 0. The van der Waals surface area contributed by atoms with Crippen molar-refractivity contribution in [2.75, 3.05) is 0 Å². The summed E-state index contributed by atoms with van der Waals surface area (Å²) in [4.78, 5) is 49.2. The van der Waals surface area contributed by atoms with Crippen molar-refractivity contribution < 1.29 is 53.1 Å². The minimum Gasteiger partial charge on any atom is -0.459 e. The van der Waals surface area contributed by atoms with Crippen molar-refractivity contribution in [3.05, 3.63) is 23.8 Å². The second-order valence-electron chi connectivity index (χ2n) is 11.0. The molecule has 0 aromatic heterocycles. The zero-order valence-corrected chi connectivity index (χ0v) is 22.0. The van der Waals surface area contributed by atoms with Gasteiger partial charge in [-0.05, 0) is 38.5 Å². The van der Waals surface area contributed by atoms with Crippen molar-refractivity contribution in [1.82, 2.24) is 0 Å². The maximum Gasteiger partial charge on any atom is 0.342 e. The van der Waals surface area contributed by atoms with E-state index in [1.54, 1.807) is 26.0 Å². The first-order chi connectivity index (χ1) is 17.0. The molecule has 0 radical (unpaired) electrons. The fourth-order valence-electron chi connectivity index (χ4n) is 6.41. The molecule has 4 unspecified atom stereocenters. The van der Waals surface area contributed by atoms with Gasteiger partial charge in [0.05, 0.1) is 6.10 Å². The number of epoxide rings is 1. The van der Waals surface area contributed by atoms with Gasteiger partial charge in [0, 0.05) is 38.5 Å². The van der Waals surface area contributed by atoms with Crippen LogP contribution in [-0.2, 0) is 42.9 Å². The Morgan fingerprint density at radius 1 is 1.03 bits per heavy atom. The Bertz CT molecular complexity index is 1090. The lowest BCUT2D eigenvalue weighted by Gasteiger charge is -2.54. The van der Waals surface area contributed by atoms with Gasteiger partial charge in [-0.15, -0.1) is 0 Å². The lowest BCUT2D eigenvalue weighted by molar-refractivity contribution is -0.216. The van der Waals surface area contributed by atoms with Crippen LogP contribution in [0.25, 0.3) is 0 Å². The molecule has 0 aromatic carbocycles. The van der Waals surface area contributed by atoms with Gasteiger partial charge in [-0.1, -0.05) is 13.0 Å². The third-order valence-electron chi connectivity index (χ3n) is 8.33. The Morgan fingerprint density at radius 3 is 2.16 bits per heavy atom. The first-order valence-electron chi connectivity index (χ1n) is 12.2. The van der Waals surface area contributed by atoms with Gasteiger partial charge in [0.2, 0.25) is 0 Å². The molecule has 2 saturated heterocycles. The number of ether oxygens (including phenoxy) is 5. The van der Waals surface area contributed by atoms with Crippen LogP contribution >= 0.6 is 0 Å². The molecule has 2 aliphatic heterocycles. The van der Waals surface area contributed by atoms with E-state index in [0.717, 1.165) is 0 Å². The molecule has 2 fully saturated rings. The standard InChI is InChI=1S/C26H34O11/c1-12-10-19-26(25(7,37-26)22(31)36-19)21(35-15(4)29)20-23(5,17(30)11-16(12)33-13(2)27)9-8-18(24(20,6)32)34-14(3)28/h8-10,16-21,30,32H,11H2,1-7H3/b12-10-/t16-,17+,18+,19?,20?,21+,23-,24+,25?,26?/m1/s1. The summed E-state index contributed by atoms with van der Waals surface area (Å²) in [6.07, 6.45) is -1.15. The molecule has 11 nitrogen and oxygen atoms in total. The van der Waals surface area contributed by atoms with Crippen LogP contribution in [0.5, 0.6) is 0 Å². The minimum absolute atomic E-state index is 0.0772. The first-order valence-corrected chi connectivity index (χ1v) is 12.2. The summed E-state index contributed by atoms with van der Waals surface area (Å²) in [6.45, 7) is 9.87. The van der Waals surface area contributed by atoms with Gasteiger partial charge in [-0.25, -0.2) is 4.79 Å². The highest BCUT2D eigenvalue weighted by molar-refractivity contribution is 5.89. The highest BCUT2D eigenvalue weighted by atomic mass is 16.7. The van der Waals surface area contributed by atoms with Crippen LogP contribution in [-0.4, -0.2) is 81.4 Å². The number of hydrogen-bond donors (Lipinski definition) is 2. The van der Waals surface area contributed by atoms with E-state index in [1.165, 1.54) is 40.7 Å². The van der Waals surface area contributed by atoms with E-state index in [0.29, 0.717) is 5.57 Å². The van der Waals surface area contributed by atoms with Crippen molar-refractivity contribution in [3.8, 4) is 0 Å². The minimum atomic E-state index is -1.91. The van der Waals surface area contributed by atoms with Crippen molar-refractivity contribution in [2.45, 2.75) is 102 Å². The fourth-order valence-corrected chi connectivity index (χ4v) is 6.41. The molecule has 204 valence electrons. The first kappa shape index (κ1) is 27.3. The molecule has 2 N–H and O–H groups in total. The van der Waals surface area contributed by atoms with Crippen LogP contribution in [0, 0.1) is 11.3 Å². The molecule has 0 saturated carbocycles. The van der Waals surface area contributed by atoms with E-state index >= 15 is 0 Å². The quantitative estimate of drug-likeness (QED) is 0.235. The van der Waals surface area contributed by atoms with Crippen LogP contribution in [0.2, 0.25) is 0 Å². The van der Waals surface area contributed by atoms with Crippen molar-refractivity contribution in [3.63, 3.8) is 0 Å². The smallest absolute Gasteiger partial charge is 0.342 e. The summed E-state index contributed by atoms with van der Waals surface area (Å²) in [5.41, 5.74) is -5.85. The molecule has 0 bridgehead atoms. The van der Waals surface area contributed by atoms with E-state index in [9.17, 15) is 29.4 Å². The predicted octanol–water partition coefficient (Wildman–Crippen LogP) is 0.889. The Balaban J connectivity index is 1.99. The third kappa shape index (κ3) is 3.98. The van der Waals surface area contributed by atoms with Gasteiger partial charge in [-0.3, -0.25) is 14.4 Å². The van der Waals surface area contributed by atoms with E-state index < -0.39 is 82.5 Å². The Hall–Kier alpha value is -2.76. The molecular formula is C26H34O11. The number of carbonyl (C=O) groups excluding carboxylic acids is 4. The van der Waals surface area contributed by atoms with E-state index in [4.69, 9.17) is 23.7 Å². The predicted molar refractivity (Wildman–Crippen MR) is 125 cm³/mol. The summed E-state index contributed by atoms with van der Waals surface area (Å²) in [6, 6.07) is 0. The number of carbonyl (C=O) groups is 4. The van der Waals surface area contributed by atoms with Crippen molar-refractivity contribution in [2.24, 2.45) is 11.3 Å². The maximum atomic E-state index is 13.0. The molecule has 1 spiro atoms. The average molecular weight is 523 g/mol. The average Bonchev–Trinajstić information content (AvgIpc) is 3.34. The van der Waals surface area contributed by atoms with Crippen molar-refractivity contribution in [1.29, 1.82) is 0 Å². The van der Waals surface area contributed by atoms with E-state index in [2.05, 4.69) is 0 Å². The summed E-state index contributed by atoms with van der Waals surface area (Å²) < 4.78 is 28.5. The number of esters is 4. The Kier molecular flexibility index (Phi) is 6.37. The molecule has 2 aliphatic carbocycles. The number of hydrogen-bond acceptors (Lipinski definition) is 11. The largest absolute Gasteiger partial charge is 0.459 e. The van der Waals surface area contributed by atoms with E-state index in [-0.39, 0.29) is 6.42 Å².